The maximum absolute atomic E-state index is 13.1. The van der Waals surface area contributed by atoms with Crippen LogP contribution in [0.25, 0.3) is 10.9 Å². The van der Waals surface area contributed by atoms with Crippen molar-refractivity contribution in [2.24, 2.45) is 0 Å². The van der Waals surface area contributed by atoms with Crippen molar-refractivity contribution in [3.8, 4) is 5.75 Å². The highest BCUT2D eigenvalue weighted by atomic mass is 35.5. The molecule has 1 heterocycles. The number of carbonyl (C=O) groups is 3. The maximum Gasteiger partial charge on any atom is 0.305 e. The Balaban J connectivity index is 2.01. The number of hydrogen-bond acceptors (Lipinski definition) is 4. The number of aliphatic carboxylic acids is 1. The molecule has 7 nitrogen and oxygen atoms in total. The van der Waals surface area contributed by atoms with Crippen LogP contribution < -0.4 is 5.32 Å². The Labute approximate surface area is 171 Å². The number of phenolic OH excluding ortho intramolecular Hbond substituents is 1. The molecule has 0 atom stereocenters. The Morgan fingerprint density at radius 2 is 1.90 bits per heavy atom. The molecule has 0 aliphatic rings. The average Bonchev–Trinajstić information content (AvgIpc) is 2.92. The van der Waals surface area contributed by atoms with Gasteiger partial charge in [-0.05, 0) is 48.9 Å². The zero-order chi connectivity index (χ0) is 21.1. The van der Waals surface area contributed by atoms with Gasteiger partial charge in [0.15, 0.2) is 0 Å². The van der Waals surface area contributed by atoms with Gasteiger partial charge in [-0.25, -0.2) is 0 Å². The summed E-state index contributed by atoms with van der Waals surface area (Å²) >= 11 is 6.01. The first-order valence-corrected chi connectivity index (χ1v) is 9.27. The van der Waals surface area contributed by atoms with Crippen LogP contribution >= 0.6 is 11.6 Å². The summed E-state index contributed by atoms with van der Waals surface area (Å²) in [4.78, 5) is 36.0. The predicted octanol–water partition coefficient (Wildman–Crippen LogP) is 3.13. The topological polar surface area (TPSA) is 109 Å². The second-order valence-electron chi connectivity index (χ2n) is 6.59. The molecular formula is C21H19ClN2O5. The Hall–Kier alpha value is -3.32. The summed E-state index contributed by atoms with van der Waals surface area (Å²) in [6, 6.07) is 11.2. The number of aromatic nitrogens is 1. The van der Waals surface area contributed by atoms with Gasteiger partial charge in [0.25, 0.3) is 5.91 Å². The van der Waals surface area contributed by atoms with Crippen molar-refractivity contribution < 1.29 is 24.6 Å². The van der Waals surface area contributed by atoms with Gasteiger partial charge in [-0.2, -0.15) is 0 Å². The first-order chi connectivity index (χ1) is 13.8. The summed E-state index contributed by atoms with van der Waals surface area (Å²) < 4.78 is 1.49. The molecule has 1 amide bonds. The van der Waals surface area contributed by atoms with Crippen LogP contribution in [0.5, 0.6) is 5.75 Å². The third-order valence-electron chi connectivity index (χ3n) is 4.59. The zero-order valence-corrected chi connectivity index (χ0v) is 16.4. The standard InChI is InChI=1S/C21H19ClN2O5/c1-12-16(11-19(26)23-8-7-20(27)28)17-10-15(25)5-6-18(17)24(12)21(29)13-3-2-4-14(22)9-13/h2-6,9-10,25H,7-8,11H2,1H3,(H,23,26)(H,27,28). The van der Waals surface area contributed by atoms with Crippen LogP contribution in [0, 0.1) is 6.92 Å². The minimum atomic E-state index is -1.00. The van der Waals surface area contributed by atoms with Gasteiger partial charge in [-0.15, -0.1) is 0 Å². The summed E-state index contributed by atoms with van der Waals surface area (Å²) in [5, 5.41) is 22.2. The number of carbonyl (C=O) groups excluding carboxylic acids is 2. The van der Waals surface area contributed by atoms with Crippen LogP contribution in [-0.2, 0) is 16.0 Å². The highest BCUT2D eigenvalue weighted by Crippen LogP contribution is 2.30. The fourth-order valence-corrected chi connectivity index (χ4v) is 3.43. The van der Waals surface area contributed by atoms with E-state index in [-0.39, 0.29) is 37.0 Å². The summed E-state index contributed by atoms with van der Waals surface area (Å²) in [5.41, 5.74) is 2.09. The van der Waals surface area contributed by atoms with E-state index in [9.17, 15) is 19.5 Å². The highest BCUT2D eigenvalue weighted by molar-refractivity contribution is 6.31. The van der Waals surface area contributed by atoms with E-state index in [0.29, 0.717) is 32.7 Å². The minimum absolute atomic E-state index is 0.0115. The van der Waals surface area contributed by atoms with Gasteiger partial charge in [-0.3, -0.25) is 19.0 Å². The smallest absolute Gasteiger partial charge is 0.305 e. The molecule has 0 unspecified atom stereocenters. The van der Waals surface area contributed by atoms with E-state index in [1.165, 1.54) is 16.7 Å². The molecular weight excluding hydrogens is 396 g/mol. The molecule has 1 aromatic heterocycles. The molecule has 2 aromatic carbocycles. The van der Waals surface area contributed by atoms with Crippen molar-refractivity contribution in [2.45, 2.75) is 19.8 Å². The number of halogens is 1. The van der Waals surface area contributed by atoms with Gasteiger partial charge in [0.2, 0.25) is 5.91 Å². The first-order valence-electron chi connectivity index (χ1n) is 8.89. The molecule has 0 radical (unpaired) electrons. The highest BCUT2D eigenvalue weighted by Gasteiger charge is 2.22. The molecule has 0 saturated heterocycles. The normalized spacial score (nSPS) is 10.8. The third-order valence-corrected chi connectivity index (χ3v) is 4.83. The second kappa shape index (κ2) is 8.36. The fourth-order valence-electron chi connectivity index (χ4n) is 3.24. The first kappa shape index (κ1) is 20.4. The average molecular weight is 415 g/mol. The number of rotatable bonds is 6. The lowest BCUT2D eigenvalue weighted by Gasteiger charge is -2.08. The number of nitrogens with zero attached hydrogens (tertiary/aromatic N) is 1. The van der Waals surface area contributed by atoms with E-state index in [1.807, 2.05) is 0 Å². The Kier molecular flexibility index (Phi) is 5.89. The maximum atomic E-state index is 13.1. The number of carboxylic acids is 1. The van der Waals surface area contributed by atoms with Crippen molar-refractivity contribution in [1.82, 2.24) is 9.88 Å². The lowest BCUT2D eigenvalue weighted by molar-refractivity contribution is -0.136. The van der Waals surface area contributed by atoms with Crippen LogP contribution in [0.15, 0.2) is 42.5 Å². The molecule has 0 fully saturated rings. The van der Waals surface area contributed by atoms with Crippen molar-refractivity contribution in [1.29, 1.82) is 0 Å². The summed E-state index contributed by atoms with van der Waals surface area (Å²) in [6.45, 7) is 1.73. The van der Waals surface area contributed by atoms with Crippen molar-refractivity contribution in [3.63, 3.8) is 0 Å². The van der Waals surface area contributed by atoms with E-state index in [1.54, 1.807) is 37.3 Å². The minimum Gasteiger partial charge on any atom is -0.508 e. The summed E-state index contributed by atoms with van der Waals surface area (Å²) in [5.74, 6) is -1.67. The Bertz CT molecular complexity index is 1120. The second-order valence-corrected chi connectivity index (χ2v) is 7.02. The molecule has 0 aliphatic carbocycles. The number of hydrogen-bond donors (Lipinski definition) is 3. The number of fused-ring (bicyclic) bond motifs is 1. The van der Waals surface area contributed by atoms with Crippen LogP contribution in [0.3, 0.4) is 0 Å². The van der Waals surface area contributed by atoms with Gasteiger partial charge in [-0.1, -0.05) is 17.7 Å². The SMILES string of the molecule is Cc1c(CC(=O)NCCC(=O)O)c2cc(O)ccc2n1C(=O)c1cccc(Cl)c1. The molecule has 29 heavy (non-hydrogen) atoms. The Morgan fingerprint density at radius 3 is 2.59 bits per heavy atom. The van der Waals surface area contributed by atoms with Gasteiger partial charge >= 0.3 is 5.97 Å². The molecule has 0 aliphatic heterocycles. The number of amides is 1. The molecule has 150 valence electrons. The van der Waals surface area contributed by atoms with Gasteiger partial charge in [0.1, 0.15) is 5.75 Å². The lowest BCUT2D eigenvalue weighted by Crippen LogP contribution is -2.27. The molecule has 3 rings (SSSR count). The van der Waals surface area contributed by atoms with Crippen molar-refractivity contribution in [3.05, 3.63) is 64.3 Å². The molecule has 0 bridgehead atoms. The zero-order valence-electron chi connectivity index (χ0n) is 15.6. The van der Waals surface area contributed by atoms with Crippen molar-refractivity contribution >= 4 is 40.3 Å². The van der Waals surface area contributed by atoms with Crippen LogP contribution in [0.1, 0.15) is 28.0 Å². The van der Waals surface area contributed by atoms with E-state index in [0.717, 1.165) is 0 Å². The van der Waals surface area contributed by atoms with E-state index < -0.39 is 5.97 Å². The van der Waals surface area contributed by atoms with E-state index in [4.69, 9.17) is 16.7 Å². The summed E-state index contributed by atoms with van der Waals surface area (Å²) in [7, 11) is 0. The van der Waals surface area contributed by atoms with Gasteiger partial charge < -0.3 is 15.5 Å². The van der Waals surface area contributed by atoms with E-state index in [2.05, 4.69) is 5.32 Å². The van der Waals surface area contributed by atoms with Crippen LogP contribution in [0.4, 0.5) is 0 Å². The van der Waals surface area contributed by atoms with E-state index >= 15 is 0 Å². The Morgan fingerprint density at radius 1 is 1.14 bits per heavy atom. The molecule has 3 aromatic rings. The fraction of sp³-hybridized carbons (Fsp3) is 0.190. The number of aromatic hydroxyl groups is 1. The van der Waals surface area contributed by atoms with Crippen LogP contribution in [0.2, 0.25) is 5.02 Å². The molecule has 3 N–H and O–H groups in total. The monoisotopic (exact) mass is 414 g/mol. The molecule has 0 saturated carbocycles. The van der Waals surface area contributed by atoms with Gasteiger partial charge in [0.05, 0.1) is 18.4 Å². The third kappa shape index (κ3) is 4.41. The van der Waals surface area contributed by atoms with Crippen LogP contribution in [-0.4, -0.2) is 39.1 Å². The number of benzene rings is 2. The lowest BCUT2D eigenvalue weighted by atomic mass is 10.1. The molecule has 0 spiro atoms. The largest absolute Gasteiger partial charge is 0.508 e. The summed E-state index contributed by atoms with van der Waals surface area (Å²) in [6.07, 6.45) is -0.234. The number of nitrogens with one attached hydrogen (secondary N) is 1. The van der Waals surface area contributed by atoms with Crippen molar-refractivity contribution in [2.75, 3.05) is 6.54 Å². The quantitative estimate of drug-likeness (QED) is 0.574. The predicted molar refractivity (Wildman–Crippen MR) is 108 cm³/mol. The van der Waals surface area contributed by atoms with Gasteiger partial charge in [0, 0.05) is 28.2 Å². The number of phenols is 1. The molecule has 8 heteroatoms. The number of carboxylic acid groups (broad SMARTS) is 1.